The number of aromatic nitrogens is 4. The number of carbonyl (C=O) groups excluding carboxylic acids is 4. The van der Waals surface area contributed by atoms with Crippen molar-refractivity contribution in [3.8, 4) is 11.3 Å². The molecule has 3 saturated heterocycles. The zero-order valence-corrected chi connectivity index (χ0v) is 36.4. The molecular weight excluding hydrogens is 829 g/mol. The molecule has 2 saturated carbocycles. The number of rotatable bonds is 13. The fourth-order valence-electron chi connectivity index (χ4n) is 10.0. The van der Waals surface area contributed by atoms with Crippen LogP contribution in [0.2, 0.25) is 0 Å². The molecule has 5 aliphatic rings. The highest BCUT2D eigenvalue weighted by Crippen LogP contribution is 2.39. The molecule has 4 atom stereocenters. The van der Waals surface area contributed by atoms with Crippen LogP contribution in [0.4, 0.5) is 14.5 Å². The third kappa shape index (κ3) is 9.01. The van der Waals surface area contributed by atoms with Gasteiger partial charge in [0.25, 0.3) is 0 Å². The Morgan fingerprint density at radius 2 is 1.11 bits per heavy atom. The Balaban J connectivity index is 0.790. The Bertz CT molecular complexity index is 2510. The van der Waals surface area contributed by atoms with Crippen LogP contribution in [0.15, 0.2) is 85.2 Å². The Morgan fingerprint density at radius 3 is 1.66 bits per heavy atom. The van der Waals surface area contributed by atoms with E-state index in [1.165, 1.54) is 12.1 Å². The maximum Gasteiger partial charge on any atom is 0.250 e. The lowest BCUT2D eigenvalue weighted by Crippen LogP contribution is -2.46. The predicted molar refractivity (Wildman–Crippen MR) is 239 cm³/mol. The van der Waals surface area contributed by atoms with E-state index in [9.17, 15) is 19.2 Å². The molecule has 338 valence electrons. The third-order valence-corrected chi connectivity index (χ3v) is 14.0. The summed E-state index contributed by atoms with van der Waals surface area (Å²) < 4.78 is 32.0. The quantitative estimate of drug-likeness (QED) is 0.0943. The number of imidazole rings is 2. The van der Waals surface area contributed by atoms with Crippen LogP contribution in [0.25, 0.3) is 11.3 Å². The van der Waals surface area contributed by atoms with E-state index in [0.29, 0.717) is 73.9 Å². The van der Waals surface area contributed by atoms with Gasteiger partial charge in [0.15, 0.2) is 0 Å². The second-order valence-corrected chi connectivity index (χ2v) is 18.4. The lowest BCUT2D eigenvalue weighted by molar-refractivity contribution is -0.140. The van der Waals surface area contributed by atoms with Crippen LogP contribution in [-0.2, 0) is 19.2 Å². The van der Waals surface area contributed by atoms with E-state index in [0.717, 1.165) is 62.6 Å². The molecule has 0 spiro atoms. The number of hydrogen-bond donors (Lipinski definition) is 4. The van der Waals surface area contributed by atoms with Gasteiger partial charge in [-0.15, -0.1) is 0 Å². The molecule has 4 N–H and O–H groups in total. The summed E-state index contributed by atoms with van der Waals surface area (Å²) >= 11 is 0. The number of nitrogens with one attached hydrogen (secondary N) is 4. The molecular formula is C50H55F2N9O4. The summed E-state index contributed by atoms with van der Waals surface area (Å²) in [5.41, 5.74) is 3.09. The summed E-state index contributed by atoms with van der Waals surface area (Å²) in [5.74, 6) is -0.648. The van der Waals surface area contributed by atoms with Crippen molar-refractivity contribution in [2.75, 3.05) is 31.1 Å². The number of hydrogen-bond acceptors (Lipinski definition) is 7. The van der Waals surface area contributed by atoms with Gasteiger partial charge >= 0.3 is 0 Å². The van der Waals surface area contributed by atoms with E-state index in [-0.39, 0.29) is 59.2 Å². The van der Waals surface area contributed by atoms with Crippen LogP contribution in [0.5, 0.6) is 0 Å². The fourth-order valence-corrected chi connectivity index (χ4v) is 10.0. The average molecular weight is 884 g/mol. The van der Waals surface area contributed by atoms with Gasteiger partial charge in [0.05, 0.1) is 24.0 Å². The number of benzene rings is 3. The second-order valence-electron chi connectivity index (χ2n) is 18.4. The molecule has 3 aliphatic heterocycles. The zero-order chi connectivity index (χ0) is 44.6. The maximum absolute atomic E-state index is 16.0. The fraction of sp³-hybridized carbons (Fsp3) is 0.440. The van der Waals surface area contributed by atoms with Gasteiger partial charge in [0.1, 0.15) is 41.1 Å². The summed E-state index contributed by atoms with van der Waals surface area (Å²) in [5, 5.41) is 6.03. The van der Waals surface area contributed by atoms with Crippen molar-refractivity contribution in [2.45, 2.75) is 101 Å². The van der Waals surface area contributed by atoms with E-state index in [2.05, 4.69) is 25.6 Å². The van der Waals surface area contributed by atoms with Crippen LogP contribution in [0, 0.1) is 23.5 Å². The number of halogens is 2. The first-order valence-electron chi connectivity index (χ1n) is 23.4. The van der Waals surface area contributed by atoms with Crippen molar-refractivity contribution in [1.29, 1.82) is 0 Å². The molecule has 0 unspecified atom stereocenters. The van der Waals surface area contributed by atoms with Crippen molar-refractivity contribution in [2.24, 2.45) is 11.8 Å². The van der Waals surface area contributed by atoms with E-state index >= 15 is 8.78 Å². The summed E-state index contributed by atoms with van der Waals surface area (Å²) in [6.45, 7) is 1.93. The molecule has 4 amide bonds. The highest BCUT2D eigenvalue weighted by atomic mass is 19.1. The molecule has 13 nitrogen and oxygen atoms in total. The SMILES string of the molecule is O=C(N[C@@H](C(=O)N1CCC[C@H]1c1ncc(-c2cc(F)c(N3CCC(c4cnc([C@@H]5CCCCN5C(=O)[C@H](NC(=O)C5CC5)c5ccccc5)[nH]4)CC3)c(F)c2)[nH]1)c1ccccc1)C1CC1. The number of amides is 4. The molecule has 5 fully saturated rings. The molecule has 3 aromatic carbocycles. The van der Waals surface area contributed by atoms with Crippen LogP contribution in [0.3, 0.4) is 0 Å². The van der Waals surface area contributed by atoms with Gasteiger partial charge in [-0.25, -0.2) is 18.7 Å². The van der Waals surface area contributed by atoms with E-state index < -0.39 is 23.7 Å². The van der Waals surface area contributed by atoms with Crippen molar-refractivity contribution in [3.63, 3.8) is 0 Å². The van der Waals surface area contributed by atoms with E-state index in [4.69, 9.17) is 4.98 Å². The number of aromatic amines is 2. The Labute approximate surface area is 376 Å². The highest BCUT2D eigenvalue weighted by molar-refractivity contribution is 5.91. The first-order chi connectivity index (χ1) is 31.7. The second kappa shape index (κ2) is 18.2. The largest absolute Gasteiger partial charge is 0.367 e. The lowest BCUT2D eigenvalue weighted by Gasteiger charge is -2.37. The first-order valence-corrected chi connectivity index (χ1v) is 23.4. The van der Waals surface area contributed by atoms with Crippen molar-refractivity contribution >= 4 is 29.3 Å². The number of carbonyl (C=O) groups is 4. The van der Waals surface area contributed by atoms with Crippen molar-refractivity contribution in [3.05, 3.63) is 125 Å². The first kappa shape index (κ1) is 42.6. The highest BCUT2D eigenvalue weighted by Gasteiger charge is 2.41. The minimum absolute atomic E-state index is 0.0307. The van der Waals surface area contributed by atoms with Crippen LogP contribution >= 0.6 is 0 Å². The summed E-state index contributed by atoms with van der Waals surface area (Å²) in [7, 11) is 0. The van der Waals surface area contributed by atoms with Gasteiger partial charge in [-0.05, 0) is 93.9 Å². The number of piperidine rings is 2. The van der Waals surface area contributed by atoms with Crippen LogP contribution in [0.1, 0.15) is 129 Å². The molecule has 65 heavy (non-hydrogen) atoms. The Morgan fingerprint density at radius 1 is 0.600 bits per heavy atom. The van der Waals surface area contributed by atoms with Gasteiger partial charge < -0.3 is 35.3 Å². The van der Waals surface area contributed by atoms with Gasteiger partial charge in [-0.1, -0.05) is 60.7 Å². The number of likely N-dealkylation sites (tertiary alicyclic amines) is 2. The Kier molecular flexibility index (Phi) is 11.9. The lowest BCUT2D eigenvalue weighted by atomic mass is 9.93. The van der Waals surface area contributed by atoms with Crippen LogP contribution < -0.4 is 15.5 Å². The molecule has 5 heterocycles. The van der Waals surface area contributed by atoms with E-state index in [1.54, 1.807) is 16.0 Å². The van der Waals surface area contributed by atoms with Crippen molar-refractivity contribution < 1.29 is 28.0 Å². The maximum atomic E-state index is 16.0. The average Bonchev–Trinajstić information content (AvgIpc) is 4.21. The number of H-pyrrole nitrogens is 2. The zero-order valence-electron chi connectivity index (χ0n) is 36.4. The summed E-state index contributed by atoms with van der Waals surface area (Å²) in [6, 6.07) is 19.1. The minimum atomic E-state index is -0.825. The normalized spacial score (nSPS) is 21.2. The van der Waals surface area contributed by atoms with E-state index in [1.807, 2.05) is 71.8 Å². The topological polar surface area (TPSA) is 159 Å². The summed E-state index contributed by atoms with van der Waals surface area (Å²) in [4.78, 5) is 75.7. The third-order valence-electron chi connectivity index (χ3n) is 14.0. The minimum Gasteiger partial charge on any atom is -0.367 e. The van der Waals surface area contributed by atoms with Gasteiger partial charge in [-0.3, -0.25) is 19.2 Å². The molecule has 5 aromatic rings. The summed E-state index contributed by atoms with van der Waals surface area (Å²) in [6.07, 6.45) is 12.0. The molecule has 0 radical (unpaired) electrons. The van der Waals surface area contributed by atoms with Gasteiger partial charge in [-0.2, -0.15) is 0 Å². The van der Waals surface area contributed by atoms with Crippen molar-refractivity contribution in [1.82, 2.24) is 40.4 Å². The predicted octanol–water partition coefficient (Wildman–Crippen LogP) is 7.71. The molecule has 15 heteroatoms. The molecule has 2 aliphatic carbocycles. The van der Waals surface area contributed by atoms with Gasteiger partial charge in [0, 0.05) is 61.4 Å². The molecule has 2 aromatic heterocycles. The van der Waals surface area contributed by atoms with Crippen LogP contribution in [-0.4, -0.2) is 79.5 Å². The smallest absolute Gasteiger partial charge is 0.250 e. The standard InChI is InChI=1S/C50H55F2N9O4/c51-36-26-35(39-29-54-46(56-39)41-15-9-23-61(41)50(65)43(32-12-5-2-6-13-32)58-48(63)34-18-19-34)27-37(52)44(36)59-24-20-30(21-25-59)38-28-53-45(55-38)40-14-7-8-22-60(40)49(64)42(31-10-3-1-4-11-31)57-47(62)33-16-17-33/h1-6,10-13,26-30,33-34,40-43H,7-9,14-25H2,(H,53,55)(H,54,56)(H,57,62)(H,58,63)/t40-,41-,42+,43+/m0/s1. The van der Waals surface area contributed by atoms with Gasteiger partial charge in [0.2, 0.25) is 23.6 Å². The monoisotopic (exact) mass is 883 g/mol. The Hall–Kier alpha value is -6.38. The molecule has 0 bridgehead atoms. The molecule has 10 rings (SSSR count). The number of nitrogens with zero attached hydrogens (tertiary/aromatic N) is 5. The number of anilines is 1.